The monoisotopic (exact) mass is 437 g/mol. The lowest BCUT2D eigenvalue weighted by molar-refractivity contribution is -0.123. The predicted octanol–water partition coefficient (Wildman–Crippen LogP) is 1.12. The van der Waals surface area contributed by atoms with Crippen LogP contribution in [0.1, 0.15) is 33.1 Å². The van der Waals surface area contributed by atoms with Crippen LogP contribution < -0.4 is 10.6 Å². The molecule has 6 nitrogen and oxygen atoms in total. The molecule has 2 saturated heterocycles. The molecule has 2 rings (SSSR count). The highest BCUT2D eigenvalue weighted by Crippen LogP contribution is 2.20. The standard InChI is InChI=1S/C16H31N5O.HI/c1-13(2)15(22)18-7-8-19-16(17-3)21-11-6-14(12-21)20-9-4-5-10-20;/h13-14H,4-12H2,1-3H3,(H,17,19)(H,18,22);1H. The molecule has 0 aliphatic carbocycles. The lowest BCUT2D eigenvalue weighted by Gasteiger charge is -2.25. The largest absolute Gasteiger partial charge is 0.354 e. The van der Waals surface area contributed by atoms with Crippen LogP contribution >= 0.6 is 24.0 Å². The molecule has 0 radical (unpaired) electrons. The molecular formula is C16H32IN5O. The molecule has 0 bridgehead atoms. The molecule has 2 aliphatic heterocycles. The van der Waals surface area contributed by atoms with Crippen molar-refractivity contribution in [3.63, 3.8) is 0 Å². The number of rotatable bonds is 5. The Hall–Kier alpha value is -0.570. The lowest BCUT2D eigenvalue weighted by atomic mass is 10.2. The van der Waals surface area contributed by atoms with Crippen LogP contribution in [-0.2, 0) is 4.79 Å². The van der Waals surface area contributed by atoms with Crippen LogP contribution in [0.25, 0.3) is 0 Å². The molecule has 1 amide bonds. The number of nitrogens with zero attached hydrogens (tertiary/aromatic N) is 3. The molecule has 1 unspecified atom stereocenters. The number of halogens is 1. The minimum absolute atomic E-state index is 0. The van der Waals surface area contributed by atoms with E-state index in [1.54, 1.807) is 0 Å². The van der Waals surface area contributed by atoms with Crippen LogP contribution in [0.2, 0.25) is 0 Å². The Balaban J connectivity index is 0.00000264. The van der Waals surface area contributed by atoms with Crippen molar-refractivity contribution in [2.75, 3.05) is 46.3 Å². The van der Waals surface area contributed by atoms with Gasteiger partial charge < -0.3 is 15.5 Å². The first-order valence-corrected chi connectivity index (χ1v) is 8.59. The molecule has 0 aromatic rings. The van der Waals surface area contributed by atoms with E-state index >= 15 is 0 Å². The summed E-state index contributed by atoms with van der Waals surface area (Å²) in [5.74, 6) is 1.10. The van der Waals surface area contributed by atoms with Crippen molar-refractivity contribution >= 4 is 35.8 Å². The summed E-state index contributed by atoms with van der Waals surface area (Å²) in [6, 6.07) is 0.682. The summed E-state index contributed by atoms with van der Waals surface area (Å²) in [6.45, 7) is 9.82. The molecule has 2 fully saturated rings. The van der Waals surface area contributed by atoms with Gasteiger partial charge in [-0.25, -0.2) is 0 Å². The maximum absolute atomic E-state index is 11.5. The summed E-state index contributed by atoms with van der Waals surface area (Å²) in [6.07, 6.45) is 3.92. The van der Waals surface area contributed by atoms with E-state index in [1.165, 1.54) is 32.4 Å². The smallest absolute Gasteiger partial charge is 0.222 e. The molecule has 1 atom stereocenters. The van der Waals surface area contributed by atoms with Crippen molar-refractivity contribution in [1.29, 1.82) is 0 Å². The molecule has 23 heavy (non-hydrogen) atoms. The zero-order chi connectivity index (χ0) is 15.9. The van der Waals surface area contributed by atoms with Gasteiger partial charge in [-0.05, 0) is 32.4 Å². The maximum atomic E-state index is 11.5. The van der Waals surface area contributed by atoms with E-state index in [-0.39, 0.29) is 35.8 Å². The van der Waals surface area contributed by atoms with Gasteiger partial charge in [-0.1, -0.05) is 13.8 Å². The maximum Gasteiger partial charge on any atom is 0.222 e. The molecule has 2 heterocycles. The Morgan fingerprint density at radius 2 is 1.83 bits per heavy atom. The summed E-state index contributed by atoms with van der Waals surface area (Å²) in [7, 11) is 1.83. The fraction of sp³-hybridized carbons (Fsp3) is 0.875. The third-order valence-corrected chi connectivity index (χ3v) is 4.56. The summed E-state index contributed by atoms with van der Waals surface area (Å²) in [5.41, 5.74) is 0. The van der Waals surface area contributed by atoms with Gasteiger partial charge in [-0.3, -0.25) is 14.7 Å². The Morgan fingerprint density at radius 1 is 1.17 bits per heavy atom. The minimum Gasteiger partial charge on any atom is -0.354 e. The predicted molar refractivity (Wildman–Crippen MR) is 105 cm³/mol. The van der Waals surface area contributed by atoms with Gasteiger partial charge in [0.2, 0.25) is 5.91 Å². The van der Waals surface area contributed by atoms with Gasteiger partial charge in [0.15, 0.2) is 5.96 Å². The first-order chi connectivity index (χ1) is 10.6. The number of hydrogen-bond donors (Lipinski definition) is 2. The zero-order valence-corrected chi connectivity index (χ0v) is 17.0. The van der Waals surface area contributed by atoms with Crippen LogP contribution in [0, 0.1) is 5.92 Å². The zero-order valence-electron chi connectivity index (χ0n) is 14.7. The molecule has 2 aliphatic rings. The molecule has 2 N–H and O–H groups in total. The number of hydrogen-bond acceptors (Lipinski definition) is 3. The summed E-state index contributed by atoms with van der Waals surface area (Å²) < 4.78 is 0. The van der Waals surface area contributed by atoms with Crippen LogP contribution in [0.15, 0.2) is 4.99 Å². The fourth-order valence-corrected chi connectivity index (χ4v) is 3.24. The second-order valence-electron chi connectivity index (χ2n) is 6.55. The quantitative estimate of drug-likeness (QED) is 0.293. The minimum atomic E-state index is 0. The van der Waals surface area contributed by atoms with E-state index in [1.807, 2.05) is 20.9 Å². The van der Waals surface area contributed by atoms with Crippen LogP contribution in [0.4, 0.5) is 0 Å². The molecule has 7 heteroatoms. The van der Waals surface area contributed by atoms with Crippen LogP contribution in [0.5, 0.6) is 0 Å². The fourth-order valence-electron chi connectivity index (χ4n) is 3.24. The van der Waals surface area contributed by atoms with Crippen molar-refractivity contribution < 1.29 is 4.79 Å². The molecule has 134 valence electrons. The number of guanidine groups is 1. The highest BCUT2D eigenvalue weighted by atomic mass is 127. The normalized spacial score (nSPS) is 22.3. The van der Waals surface area contributed by atoms with Gasteiger partial charge in [-0.15, -0.1) is 24.0 Å². The molecule has 0 aromatic heterocycles. The molecule has 0 saturated carbocycles. The Kier molecular flexibility index (Phi) is 9.19. The molecule has 0 aromatic carbocycles. The van der Waals surface area contributed by atoms with E-state index < -0.39 is 0 Å². The van der Waals surface area contributed by atoms with Crippen molar-refractivity contribution in [2.24, 2.45) is 10.9 Å². The van der Waals surface area contributed by atoms with E-state index in [2.05, 4.69) is 25.4 Å². The van der Waals surface area contributed by atoms with Gasteiger partial charge >= 0.3 is 0 Å². The Morgan fingerprint density at radius 3 is 2.43 bits per heavy atom. The third kappa shape index (κ3) is 6.10. The van der Waals surface area contributed by atoms with Crippen molar-refractivity contribution in [2.45, 2.75) is 39.2 Å². The third-order valence-electron chi connectivity index (χ3n) is 4.56. The molecule has 0 spiro atoms. The average molecular weight is 437 g/mol. The first-order valence-electron chi connectivity index (χ1n) is 8.59. The van der Waals surface area contributed by atoms with Crippen LogP contribution in [0.3, 0.4) is 0 Å². The Bertz CT molecular complexity index is 396. The number of nitrogens with one attached hydrogen (secondary N) is 2. The average Bonchev–Trinajstić information content (AvgIpc) is 3.17. The van der Waals surface area contributed by atoms with E-state index in [4.69, 9.17) is 0 Å². The Labute approximate surface area is 157 Å². The van der Waals surface area contributed by atoms with E-state index in [9.17, 15) is 4.79 Å². The number of likely N-dealkylation sites (tertiary alicyclic amines) is 2. The summed E-state index contributed by atoms with van der Waals surface area (Å²) >= 11 is 0. The topological polar surface area (TPSA) is 60.0 Å². The second-order valence-corrected chi connectivity index (χ2v) is 6.55. The van der Waals surface area contributed by atoms with Gasteiger partial charge in [0.05, 0.1) is 0 Å². The summed E-state index contributed by atoms with van der Waals surface area (Å²) in [5, 5.41) is 6.28. The van der Waals surface area contributed by atoms with Gasteiger partial charge in [0, 0.05) is 45.2 Å². The number of amides is 1. The summed E-state index contributed by atoms with van der Waals surface area (Å²) in [4.78, 5) is 20.9. The van der Waals surface area contributed by atoms with Crippen molar-refractivity contribution in [3.8, 4) is 0 Å². The SMILES string of the molecule is CN=C(NCCNC(=O)C(C)C)N1CCC(N2CCCC2)C1.I. The number of carbonyl (C=O) groups excluding carboxylic acids is 1. The van der Waals surface area contributed by atoms with Gasteiger partial charge in [0.25, 0.3) is 0 Å². The van der Waals surface area contributed by atoms with Gasteiger partial charge in [-0.2, -0.15) is 0 Å². The number of aliphatic imine (C=N–C) groups is 1. The lowest BCUT2D eigenvalue weighted by Crippen LogP contribution is -2.45. The van der Waals surface area contributed by atoms with Crippen molar-refractivity contribution in [1.82, 2.24) is 20.4 Å². The highest BCUT2D eigenvalue weighted by molar-refractivity contribution is 14.0. The van der Waals surface area contributed by atoms with Crippen LogP contribution in [-0.4, -0.2) is 74.0 Å². The highest BCUT2D eigenvalue weighted by Gasteiger charge is 2.30. The van der Waals surface area contributed by atoms with E-state index in [0.29, 0.717) is 12.6 Å². The van der Waals surface area contributed by atoms with Gasteiger partial charge in [0.1, 0.15) is 0 Å². The number of carbonyl (C=O) groups is 1. The molecular weight excluding hydrogens is 405 g/mol. The first kappa shape index (κ1) is 20.5. The van der Waals surface area contributed by atoms with E-state index in [0.717, 1.165) is 25.6 Å². The van der Waals surface area contributed by atoms with Crippen molar-refractivity contribution in [3.05, 3.63) is 0 Å². The second kappa shape index (κ2) is 10.3.